The number of hydrogen-bond acceptors (Lipinski definition) is 5. The summed E-state index contributed by atoms with van der Waals surface area (Å²) in [6.45, 7) is 2.15. The Balaban J connectivity index is 1.83. The van der Waals surface area contributed by atoms with Crippen LogP contribution in [0.15, 0.2) is 42.5 Å². The summed E-state index contributed by atoms with van der Waals surface area (Å²) < 4.78 is 31.3. The number of halogens is 1. The predicted octanol–water partition coefficient (Wildman–Crippen LogP) is 3.27. The lowest BCUT2D eigenvalue weighted by Crippen LogP contribution is -2.45. The van der Waals surface area contributed by atoms with Crippen LogP contribution in [0.3, 0.4) is 0 Å². The van der Waals surface area contributed by atoms with Crippen LogP contribution in [0, 0.1) is 0 Å². The SMILES string of the molecule is COc1ccc(Cl)cc1N([C@@H](C)C(=O)Nc1ccc(N2CCCC2=O)cc1)S(C)(=O)=O. The van der Waals surface area contributed by atoms with E-state index in [2.05, 4.69) is 5.32 Å². The summed E-state index contributed by atoms with van der Waals surface area (Å²) in [6, 6.07) is 10.3. The van der Waals surface area contributed by atoms with Crippen LogP contribution in [0.5, 0.6) is 5.75 Å². The summed E-state index contributed by atoms with van der Waals surface area (Å²) >= 11 is 6.06. The Labute approximate surface area is 186 Å². The molecule has 0 bridgehead atoms. The molecule has 2 amide bonds. The first kappa shape index (κ1) is 22.9. The molecule has 1 heterocycles. The van der Waals surface area contributed by atoms with Crippen LogP contribution in [0.2, 0.25) is 5.02 Å². The molecule has 0 radical (unpaired) electrons. The fraction of sp³-hybridized carbons (Fsp3) is 0.333. The van der Waals surface area contributed by atoms with Gasteiger partial charge in [-0.3, -0.25) is 13.9 Å². The smallest absolute Gasteiger partial charge is 0.247 e. The van der Waals surface area contributed by atoms with Gasteiger partial charge in [0.25, 0.3) is 0 Å². The zero-order valence-electron chi connectivity index (χ0n) is 17.5. The summed E-state index contributed by atoms with van der Waals surface area (Å²) in [6.07, 6.45) is 2.37. The Morgan fingerprint density at radius 3 is 2.45 bits per heavy atom. The second-order valence-electron chi connectivity index (χ2n) is 7.24. The van der Waals surface area contributed by atoms with Crippen molar-refractivity contribution < 1.29 is 22.7 Å². The standard InChI is InChI=1S/C21H24ClN3O5S/c1-14(25(31(3,28)29)18-13-15(22)6-11-19(18)30-2)21(27)23-16-7-9-17(10-8-16)24-12-4-5-20(24)26/h6-11,13-14H,4-5,12H2,1-3H3,(H,23,27)/t14-/m0/s1. The number of nitrogens with one attached hydrogen (secondary N) is 1. The zero-order valence-corrected chi connectivity index (χ0v) is 19.0. The largest absolute Gasteiger partial charge is 0.495 e. The highest BCUT2D eigenvalue weighted by atomic mass is 35.5. The van der Waals surface area contributed by atoms with Crippen LogP contribution in [0.25, 0.3) is 0 Å². The minimum absolute atomic E-state index is 0.0738. The van der Waals surface area contributed by atoms with E-state index in [0.29, 0.717) is 23.7 Å². The average molecular weight is 466 g/mol. The van der Waals surface area contributed by atoms with Crippen molar-refractivity contribution in [2.24, 2.45) is 0 Å². The lowest BCUT2D eigenvalue weighted by Gasteiger charge is -2.29. The number of anilines is 3. The highest BCUT2D eigenvalue weighted by molar-refractivity contribution is 7.92. The number of rotatable bonds is 7. The highest BCUT2D eigenvalue weighted by Crippen LogP contribution is 2.34. The molecule has 166 valence electrons. The Morgan fingerprint density at radius 2 is 1.90 bits per heavy atom. The fourth-order valence-electron chi connectivity index (χ4n) is 3.51. The van der Waals surface area contributed by atoms with Gasteiger partial charge in [-0.15, -0.1) is 0 Å². The van der Waals surface area contributed by atoms with Crippen molar-refractivity contribution >= 4 is 50.5 Å². The molecule has 3 rings (SSSR count). The number of hydrogen-bond donors (Lipinski definition) is 1. The van der Waals surface area contributed by atoms with Crippen LogP contribution < -0.4 is 19.3 Å². The molecular weight excluding hydrogens is 442 g/mol. The predicted molar refractivity (Wildman–Crippen MR) is 121 cm³/mol. The molecule has 2 aromatic carbocycles. The van der Waals surface area contributed by atoms with Crippen LogP contribution in [-0.4, -0.2) is 46.2 Å². The average Bonchev–Trinajstić information content (AvgIpc) is 3.13. The van der Waals surface area contributed by atoms with Crippen molar-refractivity contribution in [1.29, 1.82) is 0 Å². The molecule has 1 fully saturated rings. The van der Waals surface area contributed by atoms with Gasteiger partial charge in [0.05, 0.1) is 19.1 Å². The molecular formula is C21H24ClN3O5S. The molecule has 1 saturated heterocycles. The fourth-order valence-corrected chi connectivity index (χ4v) is 4.85. The number of carbonyl (C=O) groups is 2. The molecule has 0 unspecified atom stereocenters. The van der Waals surface area contributed by atoms with E-state index in [1.165, 1.54) is 20.1 Å². The monoisotopic (exact) mass is 465 g/mol. The van der Waals surface area contributed by atoms with Crippen LogP contribution in [0.4, 0.5) is 17.1 Å². The van der Waals surface area contributed by atoms with Gasteiger partial charge in [0.2, 0.25) is 21.8 Å². The number of carbonyl (C=O) groups excluding carboxylic acids is 2. The van der Waals surface area contributed by atoms with E-state index in [1.54, 1.807) is 41.3 Å². The van der Waals surface area contributed by atoms with Crippen molar-refractivity contribution in [3.8, 4) is 5.75 Å². The molecule has 0 aromatic heterocycles. The third-order valence-electron chi connectivity index (χ3n) is 4.99. The van der Waals surface area contributed by atoms with E-state index in [-0.39, 0.29) is 17.3 Å². The summed E-state index contributed by atoms with van der Waals surface area (Å²) in [5.74, 6) is -0.184. The Hall–Kier alpha value is -2.78. The summed E-state index contributed by atoms with van der Waals surface area (Å²) in [5, 5.41) is 3.03. The van der Waals surface area contributed by atoms with Crippen molar-refractivity contribution in [3.05, 3.63) is 47.5 Å². The molecule has 0 saturated carbocycles. The van der Waals surface area contributed by atoms with Gasteiger partial charge in [-0.1, -0.05) is 11.6 Å². The third-order valence-corrected chi connectivity index (χ3v) is 6.45. The topological polar surface area (TPSA) is 96.0 Å². The van der Waals surface area contributed by atoms with Gasteiger partial charge in [-0.25, -0.2) is 8.42 Å². The van der Waals surface area contributed by atoms with Gasteiger partial charge in [0, 0.05) is 29.4 Å². The van der Waals surface area contributed by atoms with E-state index >= 15 is 0 Å². The van der Waals surface area contributed by atoms with Crippen molar-refractivity contribution in [2.45, 2.75) is 25.8 Å². The molecule has 1 N–H and O–H groups in total. The first-order valence-corrected chi connectivity index (χ1v) is 11.9. The third kappa shape index (κ3) is 5.11. The van der Waals surface area contributed by atoms with Crippen molar-refractivity contribution in [2.75, 3.05) is 34.4 Å². The lowest BCUT2D eigenvalue weighted by molar-refractivity contribution is -0.117. The quantitative estimate of drug-likeness (QED) is 0.677. The second-order valence-corrected chi connectivity index (χ2v) is 9.53. The first-order valence-electron chi connectivity index (χ1n) is 9.66. The Morgan fingerprint density at radius 1 is 1.23 bits per heavy atom. The van der Waals surface area contributed by atoms with Gasteiger partial charge in [0.15, 0.2) is 0 Å². The van der Waals surface area contributed by atoms with E-state index in [4.69, 9.17) is 16.3 Å². The number of amides is 2. The Kier molecular flexibility index (Phi) is 6.76. The van der Waals surface area contributed by atoms with Crippen LogP contribution >= 0.6 is 11.6 Å². The summed E-state index contributed by atoms with van der Waals surface area (Å²) in [4.78, 5) is 26.5. The molecule has 1 atom stereocenters. The summed E-state index contributed by atoms with van der Waals surface area (Å²) in [7, 11) is -2.43. The molecule has 1 aliphatic heterocycles. The number of ether oxygens (including phenoxy) is 1. The van der Waals surface area contributed by atoms with Crippen LogP contribution in [0.1, 0.15) is 19.8 Å². The van der Waals surface area contributed by atoms with Gasteiger partial charge >= 0.3 is 0 Å². The molecule has 31 heavy (non-hydrogen) atoms. The van der Waals surface area contributed by atoms with Gasteiger partial charge in [-0.05, 0) is 55.8 Å². The highest BCUT2D eigenvalue weighted by Gasteiger charge is 2.31. The van der Waals surface area contributed by atoms with Crippen molar-refractivity contribution in [1.82, 2.24) is 0 Å². The van der Waals surface area contributed by atoms with E-state index in [0.717, 1.165) is 22.7 Å². The van der Waals surface area contributed by atoms with Gasteiger partial charge < -0.3 is 15.0 Å². The zero-order chi connectivity index (χ0) is 22.8. The van der Waals surface area contributed by atoms with Gasteiger partial charge in [0.1, 0.15) is 11.8 Å². The second kappa shape index (κ2) is 9.15. The van der Waals surface area contributed by atoms with Crippen molar-refractivity contribution in [3.63, 3.8) is 0 Å². The molecule has 2 aromatic rings. The number of benzene rings is 2. The molecule has 10 heteroatoms. The van der Waals surface area contributed by atoms with Crippen LogP contribution in [-0.2, 0) is 19.6 Å². The maximum Gasteiger partial charge on any atom is 0.247 e. The van der Waals surface area contributed by atoms with E-state index in [9.17, 15) is 18.0 Å². The minimum Gasteiger partial charge on any atom is -0.495 e. The molecule has 0 aliphatic carbocycles. The molecule has 1 aliphatic rings. The van der Waals surface area contributed by atoms with E-state index < -0.39 is 22.0 Å². The molecule has 8 nitrogen and oxygen atoms in total. The minimum atomic E-state index is -3.84. The van der Waals surface area contributed by atoms with E-state index in [1.807, 2.05) is 0 Å². The molecule has 0 spiro atoms. The first-order chi connectivity index (χ1) is 14.6. The number of nitrogens with zero attached hydrogens (tertiary/aromatic N) is 2. The maximum atomic E-state index is 12.9. The number of methoxy groups -OCH3 is 1. The maximum absolute atomic E-state index is 12.9. The van der Waals surface area contributed by atoms with Gasteiger partial charge in [-0.2, -0.15) is 0 Å². The summed E-state index contributed by atoms with van der Waals surface area (Å²) in [5.41, 5.74) is 1.41. The normalized spacial score (nSPS) is 15.0. The lowest BCUT2D eigenvalue weighted by atomic mass is 10.2. The number of sulfonamides is 1. The Bertz CT molecular complexity index is 1090.